The van der Waals surface area contributed by atoms with Gasteiger partial charge in [-0.05, 0) is 119 Å². The average molecular weight is 1160 g/mol. The maximum atomic E-state index is 14.5. The van der Waals surface area contributed by atoms with Gasteiger partial charge in [-0.25, -0.2) is 4.98 Å². The van der Waals surface area contributed by atoms with Crippen LogP contribution in [0.2, 0.25) is 0 Å². The van der Waals surface area contributed by atoms with Crippen LogP contribution in [0.25, 0.3) is 10.4 Å². The summed E-state index contributed by atoms with van der Waals surface area (Å²) in [4.78, 5) is 112. The van der Waals surface area contributed by atoms with Gasteiger partial charge in [-0.3, -0.25) is 38.5 Å². The number of anilines is 2. The highest BCUT2D eigenvalue weighted by Crippen LogP contribution is 2.43. The number of hydrogen-bond donors (Lipinski definition) is 4. The van der Waals surface area contributed by atoms with E-state index in [0.29, 0.717) is 44.2 Å². The zero-order chi connectivity index (χ0) is 58.2. The van der Waals surface area contributed by atoms with Crippen molar-refractivity contribution in [1.82, 2.24) is 35.2 Å². The Morgan fingerprint density at radius 1 is 0.852 bits per heavy atom. The van der Waals surface area contributed by atoms with Crippen LogP contribution in [0.15, 0.2) is 72.2 Å². The van der Waals surface area contributed by atoms with E-state index in [9.17, 15) is 57.1 Å². The number of alkyl halides is 3. The van der Waals surface area contributed by atoms with Gasteiger partial charge in [-0.1, -0.05) is 38.1 Å². The Labute approximate surface area is 476 Å². The number of hydrogen-bond acceptors (Lipinski definition) is 14. The van der Waals surface area contributed by atoms with E-state index in [1.54, 1.807) is 79.8 Å². The van der Waals surface area contributed by atoms with Crippen LogP contribution in [-0.2, 0) is 46.3 Å². The molecule has 5 fully saturated rings. The second-order valence-electron chi connectivity index (χ2n) is 22.0. The molecule has 5 aliphatic rings. The molecule has 0 spiro atoms. The van der Waals surface area contributed by atoms with Gasteiger partial charge in [0.2, 0.25) is 29.5 Å². The Kier molecular flexibility index (Phi) is 17.1. The Bertz CT molecular complexity index is 3120. The van der Waals surface area contributed by atoms with E-state index in [4.69, 9.17) is 4.74 Å². The number of thiazole rings is 1. The fourth-order valence-corrected chi connectivity index (χ4v) is 13.2. The van der Waals surface area contributed by atoms with Gasteiger partial charge in [0.05, 0.1) is 39.4 Å². The number of aliphatic hydroxyl groups is 1. The Morgan fingerprint density at radius 2 is 1.46 bits per heavy atom. The van der Waals surface area contributed by atoms with E-state index >= 15 is 0 Å². The summed E-state index contributed by atoms with van der Waals surface area (Å²) in [6.45, 7) is 9.16. The molecule has 3 aromatic carbocycles. The summed E-state index contributed by atoms with van der Waals surface area (Å²) in [7, 11) is 0. The highest BCUT2D eigenvalue weighted by Gasteiger charge is 2.52. The second kappa shape index (κ2) is 23.7. The van der Waals surface area contributed by atoms with Gasteiger partial charge in [0, 0.05) is 50.5 Å². The first kappa shape index (κ1) is 58.4. The van der Waals surface area contributed by atoms with Crippen molar-refractivity contribution in [2.24, 2.45) is 5.92 Å². The van der Waals surface area contributed by atoms with Gasteiger partial charge in [-0.2, -0.15) is 18.4 Å². The molecule has 19 nitrogen and oxygen atoms in total. The molecule has 430 valence electrons. The number of aliphatic hydroxyl groups excluding tert-OH is 1. The van der Waals surface area contributed by atoms with Gasteiger partial charge >= 0.3 is 6.18 Å². The molecule has 4 aromatic rings. The number of nitriles is 1. The minimum absolute atomic E-state index is 0.0222. The molecule has 81 heavy (non-hydrogen) atoms. The monoisotopic (exact) mass is 1150 g/mol. The number of likely N-dealkylation sites (tertiary alicyclic amines) is 4. The predicted molar refractivity (Wildman–Crippen MR) is 296 cm³/mol. The molecule has 24 heteroatoms. The maximum Gasteiger partial charge on any atom is 0.417 e. The number of nitrogens with zero attached hydrogens (tertiary/aromatic N) is 8. The van der Waals surface area contributed by atoms with Crippen molar-refractivity contribution in [3.63, 3.8) is 0 Å². The van der Waals surface area contributed by atoms with E-state index in [-0.39, 0.29) is 56.5 Å². The topological polar surface area (TPSA) is 229 Å². The SMILES string of the molecule is Cc1ncsc1-c1ccc(CNC(=O)C2C[C@@H](O)CN2C(=O)C(NC(=O)[C@@H]2CCCN2C(=O)[C@@H]2CCCN2C(=O)[C@@H]2CCCN2C(=O)COc2ccc(N3[C@@H](S)N(c4ccc(C#N)c(C(F)(F)F)c4)C(=O)C3(C)C)cc2)C(C)C)cc1. The van der Waals surface area contributed by atoms with Gasteiger partial charge in [0.25, 0.3) is 11.8 Å². The molecule has 3 N–H and O–H groups in total. The first-order valence-corrected chi connectivity index (χ1v) is 28.5. The third-order valence-corrected chi connectivity index (χ3v) is 17.5. The third-order valence-electron chi connectivity index (χ3n) is 16.0. The standard InChI is InChI=1S/C57H65F3N10O9S2/c1-32(2)47(53(77)68-29-39(71)26-45(68)49(73)62-28-34-12-14-35(15-13-34)48-33(3)63-31-81-48)64-50(74)42-9-6-23-66(42)52(76)44-11-8-24-67(44)51(75)43-10-7-22-65(43)46(72)30-79-40-20-18-37(19-21-40)70-55(80)69(54(78)56(70,4)5)38-17-16-36(27-61)41(25-38)57(58,59)60/h12-21,25,31-32,39,42-45,47,55,71,80H,6-11,22-24,26,28-30H2,1-5H3,(H,62,73)(H,64,74)/t39-,42+,43+,44+,45?,47?,55+/m1/s1. The molecule has 6 heterocycles. The summed E-state index contributed by atoms with van der Waals surface area (Å²) in [6.07, 6.45) is -3.18. The highest BCUT2D eigenvalue weighted by atomic mass is 32.1. The molecule has 2 unspecified atom stereocenters. The zero-order valence-electron chi connectivity index (χ0n) is 45.5. The van der Waals surface area contributed by atoms with Crippen LogP contribution in [0.4, 0.5) is 24.5 Å². The summed E-state index contributed by atoms with van der Waals surface area (Å²) in [5, 5.41) is 25.8. The normalized spacial score (nSPS) is 23.1. The minimum Gasteiger partial charge on any atom is -0.484 e. The summed E-state index contributed by atoms with van der Waals surface area (Å²) < 4.78 is 47.5. The summed E-state index contributed by atoms with van der Waals surface area (Å²) in [5.74, 6) is -3.42. The molecule has 7 atom stereocenters. The van der Waals surface area contributed by atoms with Gasteiger partial charge < -0.3 is 45.0 Å². The molecule has 1 aromatic heterocycles. The van der Waals surface area contributed by atoms with Crippen LogP contribution in [0, 0.1) is 24.2 Å². The van der Waals surface area contributed by atoms with E-state index in [2.05, 4.69) is 28.2 Å². The second-order valence-corrected chi connectivity index (χ2v) is 23.3. The van der Waals surface area contributed by atoms with Gasteiger partial charge in [0.15, 0.2) is 12.1 Å². The quantitative estimate of drug-likeness (QED) is 0.106. The van der Waals surface area contributed by atoms with Crippen molar-refractivity contribution < 1.29 is 56.6 Å². The third kappa shape index (κ3) is 11.8. The lowest BCUT2D eigenvalue weighted by Gasteiger charge is -2.35. The van der Waals surface area contributed by atoms with Crippen molar-refractivity contribution in [1.29, 1.82) is 5.26 Å². The lowest BCUT2D eigenvalue weighted by molar-refractivity contribution is -0.151. The first-order chi connectivity index (χ1) is 38.5. The number of amides is 7. The number of halogens is 3. The van der Waals surface area contributed by atoms with E-state index in [1.807, 2.05) is 31.2 Å². The molecule has 0 aliphatic carbocycles. The van der Waals surface area contributed by atoms with Crippen LogP contribution >= 0.6 is 24.0 Å². The number of β-amino-alcohol motifs (C(OH)–C–C–N with tert-alkyl or cyclic N) is 1. The number of ether oxygens (including phenoxy) is 1. The number of carbonyl (C=O) groups excluding carboxylic acids is 7. The Balaban J connectivity index is 0.789. The molecular weight excluding hydrogens is 1090 g/mol. The largest absolute Gasteiger partial charge is 0.484 e. The lowest BCUT2D eigenvalue weighted by atomic mass is 10.0. The lowest BCUT2D eigenvalue weighted by Crippen LogP contribution is -2.59. The highest BCUT2D eigenvalue weighted by molar-refractivity contribution is 7.81. The maximum absolute atomic E-state index is 14.5. The van der Waals surface area contributed by atoms with Crippen molar-refractivity contribution in [3.8, 4) is 22.3 Å². The summed E-state index contributed by atoms with van der Waals surface area (Å²) >= 11 is 6.20. The Morgan fingerprint density at radius 3 is 2.06 bits per heavy atom. The van der Waals surface area contributed by atoms with Gasteiger partial charge in [-0.15, -0.1) is 24.0 Å². The molecule has 0 bridgehead atoms. The first-order valence-electron chi connectivity index (χ1n) is 27.1. The molecule has 7 amide bonds. The van der Waals surface area contributed by atoms with Crippen molar-refractivity contribution in [2.75, 3.05) is 42.6 Å². The number of aryl methyl sites for hydroxylation is 1. The fourth-order valence-electron chi connectivity index (χ4n) is 11.8. The molecule has 5 saturated heterocycles. The van der Waals surface area contributed by atoms with Crippen LogP contribution in [0.5, 0.6) is 5.75 Å². The van der Waals surface area contributed by atoms with E-state index < -0.39 is 113 Å². The van der Waals surface area contributed by atoms with Crippen molar-refractivity contribution in [2.45, 2.75) is 140 Å². The van der Waals surface area contributed by atoms with Crippen molar-refractivity contribution >= 4 is 76.7 Å². The van der Waals surface area contributed by atoms with Crippen molar-refractivity contribution in [3.05, 3.63) is 94.6 Å². The molecule has 9 rings (SSSR count). The molecule has 0 saturated carbocycles. The predicted octanol–water partition coefficient (Wildman–Crippen LogP) is 5.63. The van der Waals surface area contributed by atoms with E-state index in [0.717, 1.165) is 38.7 Å². The number of aromatic nitrogens is 1. The molecular formula is C57H65F3N10O9S2. The van der Waals surface area contributed by atoms with Crippen LogP contribution in [0.3, 0.4) is 0 Å². The van der Waals surface area contributed by atoms with Crippen LogP contribution < -0.4 is 25.2 Å². The number of thiol groups is 1. The number of rotatable bonds is 15. The number of nitrogens with one attached hydrogen (secondary N) is 2. The zero-order valence-corrected chi connectivity index (χ0v) is 47.2. The molecule has 0 radical (unpaired) electrons. The van der Waals surface area contributed by atoms with E-state index in [1.165, 1.54) is 25.7 Å². The van der Waals surface area contributed by atoms with Crippen LogP contribution in [0.1, 0.15) is 95.0 Å². The summed E-state index contributed by atoms with van der Waals surface area (Å²) in [5.41, 5.74) is 0.880. The van der Waals surface area contributed by atoms with Crippen LogP contribution in [-0.4, -0.2) is 151 Å². The summed E-state index contributed by atoms with van der Waals surface area (Å²) in [6, 6.07) is 14.0. The number of carbonyl (C=O) groups is 7. The Hall–Kier alpha value is -7.23. The fraction of sp³-hybridized carbons (Fsp3) is 0.491. The smallest absolute Gasteiger partial charge is 0.417 e. The van der Waals surface area contributed by atoms with Gasteiger partial charge in [0.1, 0.15) is 41.5 Å². The minimum atomic E-state index is -4.84. The molecule has 5 aliphatic heterocycles. The number of benzene rings is 3. The average Bonchev–Trinajstić information content (AvgIpc) is 3.62.